The van der Waals surface area contributed by atoms with Crippen LogP contribution in [0.1, 0.15) is 17.3 Å². The van der Waals surface area contributed by atoms with Crippen LogP contribution in [-0.4, -0.2) is 17.0 Å². The molecule has 0 radical (unpaired) electrons. The lowest BCUT2D eigenvalue weighted by Gasteiger charge is -2.16. The predicted octanol–water partition coefficient (Wildman–Crippen LogP) is 3.13. The van der Waals surface area contributed by atoms with E-state index in [0.29, 0.717) is 0 Å². The van der Waals surface area contributed by atoms with Crippen LogP contribution < -0.4 is 5.32 Å². The summed E-state index contributed by atoms with van der Waals surface area (Å²) in [6.45, 7) is 0. The van der Waals surface area contributed by atoms with E-state index < -0.39 is 0 Å². The van der Waals surface area contributed by atoms with Crippen molar-refractivity contribution in [3.05, 3.63) is 72.2 Å². The maximum Gasteiger partial charge on any atom is 0.0704 e. The van der Waals surface area contributed by atoms with Crippen LogP contribution in [0.25, 0.3) is 10.9 Å². The number of likely N-dealkylation sites (N-methyl/N-ethyl adjacent to an activating group) is 1. The zero-order valence-corrected chi connectivity index (χ0v) is 11.5. The van der Waals surface area contributed by atoms with Crippen LogP contribution in [0.2, 0.25) is 0 Å². The average Bonchev–Trinajstić information content (AvgIpc) is 2.53. The molecule has 0 amide bonds. The number of aromatic nitrogens is 2. The summed E-state index contributed by atoms with van der Waals surface area (Å²) in [5.41, 5.74) is 3.40. The monoisotopic (exact) mass is 263 g/mol. The van der Waals surface area contributed by atoms with Crippen molar-refractivity contribution in [3.8, 4) is 0 Å². The lowest BCUT2D eigenvalue weighted by Crippen LogP contribution is -2.20. The highest BCUT2D eigenvalue weighted by Gasteiger charge is 2.12. The molecule has 0 bridgehead atoms. The summed E-state index contributed by atoms with van der Waals surface area (Å²) >= 11 is 0. The molecule has 2 aromatic heterocycles. The maximum atomic E-state index is 4.45. The van der Waals surface area contributed by atoms with Gasteiger partial charge in [-0.2, -0.15) is 0 Å². The number of nitrogens with one attached hydrogen (secondary N) is 1. The molecule has 1 N–H and O–H groups in total. The normalized spacial score (nSPS) is 12.4. The summed E-state index contributed by atoms with van der Waals surface area (Å²) in [5, 5.41) is 4.56. The first-order valence-electron chi connectivity index (χ1n) is 6.79. The predicted molar refractivity (Wildman–Crippen MR) is 81.5 cm³/mol. The minimum Gasteiger partial charge on any atom is -0.311 e. The maximum absolute atomic E-state index is 4.45. The molecule has 20 heavy (non-hydrogen) atoms. The van der Waals surface area contributed by atoms with E-state index in [1.165, 1.54) is 10.9 Å². The van der Waals surface area contributed by atoms with E-state index in [1.54, 1.807) is 0 Å². The van der Waals surface area contributed by atoms with E-state index in [4.69, 9.17) is 0 Å². The van der Waals surface area contributed by atoms with Gasteiger partial charge in [0.2, 0.25) is 0 Å². The number of hydrogen-bond donors (Lipinski definition) is 1. The first-order valence-corrected chi connectivity index (χ1v) is 6.79. The minimum atomic E-state index is 0.210. The average molecular weight is 263 g/mol. The lowest BCUT2D eigenvalue weighted by atomic mass is 9.99. The highest BCUT2D eigenvalue weighted by Crippen LogP contribution is 2.22. The molecule has 0 fully saturated rings. The molecule has 1 atom stereocenters. The van der Waals surface area contributed by atoms with Crippen molar-refractivity contribution >= 4 is 10.9 Å². The third-order valence-corrected chi connectivity index (χ3v) is 3.56. The van der Waals surface area contributed by atoms with Gasteiger partial charge >= 0.3 is 0 Å². The van der Waals surface area contributed by atoms with Gasteiger partial charge in [0.25, 0.3) is 0 Å². The molecular formula is C17H17N3. The molecule has 2 heterocycles. The van der Waals surface area contributed by atoms with Crippen LogP contribution >= 0.6 is 0 Å². The fraction of sp³-hybridized carbons (Fsp3) is 0.176. The van der Waals surface area contributed by atoms with Gasteiger partial charge < -0.3 is 5.32 Å². The van der Waals surface area contributed by atoms with Crippen molar-refractivity contribution in [1.82, 2.24) is 15.3 Å². The lowest BCUT2D eigenvalue weighted by molar-refractivity contribution is 0.577. The molecular weight excluding hydrogens is 246 g/mol. The van der Waals surface area contributed by atoms with E-state index in [-0.39, 0.29) is 6.04 Å². The Morgan fingerprint density at radius 2 is 1.80 bits per heavy atom. The fourth-order valence-electron chi connectivity index (χ4n) is 2.49. The molecule has 3 rings (SSSR count). The van der Waals surface area contributed by atoms with Crippen LogP contribution in [0.5, 0.6) is 0 Å². The third-order valence-electron chi connectivity index (χ3n) is 3.56. The Bertz CT molecular complexity index is 689. The van der Waals surface area contributed by atoms with Crippen molar-refractivity contribution in [2.75, 3.05) is 7.05 Å². The van der Waals surface area contributed by atoms with Crippen LogP contribution in [0.3, 0.4) is 0 Å². The smallest absolute Gasteiger partial charge is 0.0704 e. The molecule has 0 aliphatic heterocycles. The van der Waals surface area contributed by atoms with Crippen LogP contribution in [0.4, 0.5) is 0 Å². The van der Waals surface area contributed by atoms with Gasteiger partial charge in [0.05, 0.1) is 17.3 Å². The summed E-state index contributed by atoms with van der Waals surface area (Å²) in [4.78, 5) is 8.86. The van der Waals surface area contributed by atoms with Gasteiger partial charge in [0.1, 0.15) is 0 Å². The molecule has 1 aromatic carbocycles. The molecule has 3 aromatic rings. The summed E-state index contributed by atoms with van der Waals surface area (Å²) in [6, 6.07) is 16.6. The SMILES string of the molecule is CNC(Cc1ccnc2ccccc12)c1ccccn1. The Morgan fingerprint density at radius 3 is 2.60 bits per heavy atom. The summed E-state index contributed by atoms with van der Waals surface area (Å²) < 4.78 is 0. The third kappa shape index (κ3) is 2.53. The second-order valence-electron chi connectivity index (χ2n) is 4.79. The standard InChI is InChI=1S/C17H17N3/c1-18-17(16-8-4-5-10-19-16)12-13-9-11-20-15-7-3-2-6-14(13)15/h2-11,17-18H,12H2,1H3. The Labute approximate surface area is 118 Å². The van der Waals surface area contributed by atoms with Gasteiger partial charge in [-0.15, -0.1) is 0 Å². The van der Waals surface area contributed by atoms with E-state index >= 15 is 0 Å². The van der Waals surface area contributed by atoms with Crippen molar-refractivity contribution in [3.63, 3.8) is 0 Å². The summed E-state index contributed by atoms with van der Waals surface area (Å²) in [6.07, 6.45) is 4.61. The number of fused-ring (bicyclic) bond motifs is 1. The first kappa shape index (κ1) is 12.8. The van der Waals surface area contributed by atoms with Crippen molar-refractivity contribution in [2.24, 2.45) is 0 Å². The second-order valence-corrected chi connectivity index (χ2v) is 4.79. The minimum absolute atomic E-state index is 0.210. The quantitative estimate of drug-likeness (QED) is 0.786. The van der Waals surface area contributed by atoms with Gasteiger partial charge in [-0.25, -0.2) is 0 Å². The summed E-state index contributed by atoms with van der Waals surface area (Å²) in [7, 11) is 1.97. The molecule has 0 saturated carbocycles. The Kier molecular flexibility index (Phi) is 3.70. The Balaban J connectivity index is 1.96. The number of hydrogen-bond acceptors (Lipinski definition) is 3. The van der Waals surface area contributed by atoms with Gasteiger partial charge in [-0.3, -0.25) is 9.97 Å². The number of rotatable bonds is 4. The van der Waals surface area contributed by atoms with Gasteiger partial charge in [0, 0.05) is 17.8 Å². The van der Waals surface area contributed by atoms with Crippen LogP contribution in [0, 0.1) is 0 Å². The fourth-order valence-corrected chi connectivity index (χ4v) is 2.49. The number of pyridine rings is 2. The second kappa shape index (κ2) is 5.80. The number of para-hydroxylation sites is 1. The zero-order valence-electron chi connectivity index (χ0n) is 11.5. The van der Waals surface area contributed by atoms with Crippen molar-refractivity contribution < 1.29 is 0 Å². The Hall–Kier alpha value is -2.26. The van der Waals surface area contributed by atoms with Gasteiger partial charge in [-0.05, 0) is 43.3 Å². The first-order chi connectivity index (χ1) is 9.88. The molecule has 0 spiro atoms. The zero-order chi connectivity index (χ0) is 13.8. The molecule has 1 unspecified atom stereocenters. The molecule has 3 heteroatoms. The van der Waals surface area contributed by atoms with E-state index in [9.17, 15) is 0 Å². The van der Waals surface area contributed by atoms with Crippen LogP contribution in [-0.2, 0) is 6.42 Å². The van der Waals surface area contributed by atoms with Crippen molar-refractivity contribution in [2.45, 2.75) is 12.5 Å². The Morgan fingerprint density at radius 1 is 0.950 bits per heavy atom. The number of nitrogens with zero attached hydrogens (tertiary/aromatic N) is 2. The van der Waals surface area contributed by atoms with Gasteiger partial charge in [0.15, 0.2) is 0 Å². The highest BCUT2D eigenvalue weighted by molar-refractivity contribution is 5.81. The molecule has 100 valence electrons. The van der Waals surface area contributed by atoms with Crippen LogP contribution in [0.15, 0.2) is 60.9 Å². The highest BCUT2D eigenvalue weighted by atomic mass is 14.9. The van der Waals surface area contributed by atoms with E-state index in [1.807, 2.05) is 43.7 Å². The van der Waals surface area contributed by atoms with Crippen molar-refractivity contribution in [1.29, 1.82) is 0 Å². The molecule has 3 nitrogen and oxygen atoms in total. The molecule has 0 aliphatic rings. The van der Waals surface area contributed by atoms with E-state index in [0.717, 1.165) is 17.6 Å². The molecule has 0 aliphatic carbocycles. The van der Waals surface area contributed by atoms with Gasteiger partial charge in [-0.1, -0.05) is 24.3 Å². The molecule has 0 saturated heterocycles. The topological polar surface area (TPSA) is 37.8 Å². The summed E-state index contributed by atoms with van der Waals surface area (Å²) in [5.74, 6) is 0. The number of benzene rings is 1. The largest absolute Gasteiger partial charge is 0.311 e. The van der Waals surface area contributed by atoms with E-state index in [2.05, 4.69) is 39.6 Å².